The van der Waals surface area contributed by atoms with Gasteiger partial charge in [-0.2, -0.15) is 0 Å². The van der Waals surface area contributed by atoms with Crippen molar-refractivity contribution in [3.05, 3.63) is 12.2 Å². The summed E-state index contributed by atoms with van der Waals surface area (Å²) in [4.78, 5) is 9.60. The van der Waals surface area contributed by atoms with E-state index in [0.717, 1.165) is 0 Å². The number of carboxylic acids is 1. The molecule has 0 bridgehead atoms. The zero-order chi connectivity index (χ0) is 15.1. The van der Waals surface area contributed by atoms with Crippen LogP contribution in [0.4, 0.5) is 0 Å². The molecule has 0 spiro atoms. The molecular weight excluding hydrogens is 280 g/mol. The first-order valence-electron chi connectivity index (χ1n) is 5.99. The maximum atomic E-state index is 9.60. The summed E-state index contributed by atoms with van der Waals surface area (Å²) in [5.41, 5.74) is 0.176. The van der Waals surface area contributed by atoms with Gasteiger partial charge in [0.25, 0.3) is 9.28 Å². The third-order valence-corrected chi connectivity index (χ3v) is 9.72. The van der Waals surface area contributed by atoms with Gasteiger partial charge in [0.05, 0.1) is 0 Å². The molecule has 0 aromatic heterocycles. The van der Waals surface area contributed by atoms with Crippen molar-refractivity contribution < 1.29 is 18.1 Å². The first-order valence-corrected chi connectivity index (χ1v) is 14.9. The van der Waals surface area contributed by atoms with E-state index in [1.54, 1.807) is 0 Å². The Morgan fingerprint density at radius 1 is 1.06 bits per heavy atom. The largest absolute Gasteiger partial charge is 0.478 e. The Morgan fingerprint density at radius 2 is 1.28 bits per heavy atom. The summed E-state index contributed by atoms with van der Waals surface area (Å²) in [6, 6.07) is 0. The van der Waals surface area contributed by atoms with Gasteiger partial charge in [0.15, 0.2) is 16.6 Å². The van der Waals surface area contributed by atoms with Crippen molar-refractivity contribution in [2.45, 2.75) is 52.8 Å². The van der Waals surface area contributed by atoms with Crippen LogP contribution in [0.25, 0.3) is 0 Å². The van der Waals surface area contributed by atoms with Gasteiger partial charge in [0, 0.05) is 5.57 Å². The van der Waals surface area contributed by atoms with E-state index in [4.69, 9.17) is 13.3 Å². The van der Waals surface area contributed by atoms with E-state index in [1.165, 1.54) is 6.92 Å². The fourth-order valence-corrected chi connectivity index (χ4v) is 9.61. The van der Waals surface area contributed by atoms with Crippen LogP contribution in [0, 0.1) is 0 Å². The van der Waals surface area contributed by atoms with Gasteiger partial charge in [-0.1, -0.05) is 6.58 Å². The molecule has 0 aromatic carbocycles. The Hall–Kier alpha value is -0.219. The van der Waals surface area contributed by atoms with Crippen molar-refractivity contribution in [1.29, 1.82) is 0 Å². The number of carbonyl (C=O) groups is 1. The van der Waals surface area contributed by atoms with E-state index in [2.05, 4.69) is 52.4 Å². The minimum Gasteiger partial charge on any atom is -0.478 e. The maximum absolute atomic E-state index is 9.60. The molecule has 0 rings (SSSR count). The Kier molecular flexibility index (Phi) is 8.99. The fourth-order valence-electron chi connectivity index (χ4n) is 1.02. The van der Waals surface area contributed by atoms with Crippen molar-refractivity contribution in [1.82, 2.24) is 0 Å². The van der Waals surface area contributed by atoms with Crippen molar-refractivity contribution in [3.8, 4) is 0 Å². The van der Waals surface area contributed by atoms with Crippen LogP contribution in [-0.4, -0.2) is 37.0 Å². The normalized spacial score (nSPS) is 11.8. The number of rotatable bonds is 5. The first kappa shape index (κ1) is 20.1. The van der Waals surface area contributed by atoms with Crippen LogP contribution in [0.5, 0.6) is 0 Å². The standard InChI is InChI=1S/C7H22O2Si3.C4H6O2/c1-10(8-11(2,3)4)9-12(5,6)7;1-3(2)4(5)6/h10H,1-7H3;1H2,2H3,(H,5,6). The van der Waals surface area contributed by atoms with Gasteiger partial charge in [-0.25, -0.2) is 4.79 Å². The van der Waals surface area contributed by atoms with Crippen LogP contribution < -0.4 is 0 Å². The zero-order valence-electron chi connectivity index (χ0n) is 13.0. The molecule has 0 saturated heterocycles. The van der Waals surface area contributed by atoms with Gasteiger partial charge in [0.2, 0.25) is 0 Å². The number of hydrogen-bond donors (Lipinski definition) is 1. The molecule has 0 aromatic rings. The Labute approximate surface area is 115 Å². The predicted octanol–water partition coefficient (Wildman–Crippen LogP) is 3.19. The quantitative estimate of drug-likeness (QED) is 0.626. The molecule has 18 heavy (non-hydrogen) atoms. The monoisotopic (exact) mass is 308 g/mol. The van der Waals surface area contributed by atoms with Gasteiger partial charge in [-0.05, 0) is 52.8 Å². The Bertz CT molecular complexity index is 251. The van der Waals surface area contributed by atoms with Gasteiger partial charge in [0.1, 0.15) is 0 Å². The molecule has 0 atom stereocenters. The second kappa shape index (κ2) is 8.05. The zero-order valence-corrected chi connectivity index (χ0v) is 16.1. The molecule has 0 amide bonds. The lowest BCUT2D eigenvalue weighted by Gasteiger charge is -2.28. The van der Waals surface area contributed by atoms with Gasteiger partial charge >= 0.3 is 5.97 Å². The lowest BCUT2D eigenvalue weighted by Crippen LogP contribution is -2.41. The Balaban J connectivity index is 0. The summed E-state index contributed by atoms with van der Waals surface area (Å²) in [7, 11) is -4.05. The van der Waals surface area contributed by atoms with E-state index in [1.807, 2.05) is 0 Å². The summed E-state index contributed by atoms with van der Waals surface area (Å²) in [6.45, 7) is 20.0. The lowest BCUT2D eigenvalue weighted by molar-refractivity contribution is -0.132. The second-order valence-electron chi connectivity index (χ2n) is 6.11. The van der Waals surface area contributed by atoms with Crippen molar-refractivity contribution in [3.63, 3.8) is 0 Å². The minimum absolute atomic E-state index is 0.176. The van der Waals surface area contributed by atoms with E-state index in [9.17, 15) is 4.79 Å². The predicted molar refractivity (Wildman–Crippen MR) is 84.3 cm³/mol. The first-order chi connectivity index (χ1) is 7.74. The molecule has 0 radical (unpaired) electrons. The van der Waals surface area contributed by atoms with Crippen LogP contribution in [0.1, 0.15) is 6.92 Å². The highest BCUT2D eigenvalue weighted by atomic mass is 28.4. The van der Waals surface area contributed by atoms with Gasteiger partial charge in [-0.15, -0.1) is 0 Å². The third-order valence-electron chi connectivity index (χ3n) is 1.40. The molecule has 1 N–H and O–H groups in total. The topological polar surface area (TPSA) is 55.8 Å². The molecule has 0 aliphatic rings. The van der Waals surface area contributed by atoms with E-state index >= 15 is 0 Å². The molecule has 4 nitrogen and oxygen atoms in total. The van der Waals surface area contributed by atoms with Gasteiger partial charge in [-0.3, -0.25) is 0 Å². The number of carboxylic acid groups (broad SMARTS) is 1. The second-order valence-corrected chi connectivity index (χ2v) is 17.6. The van der Waals surface area contributed by atoms with Gasteiger partial charge < -0.3 is 13.3 Å². The molecule has 0 fully saturated rings. The van der Waals surface area contributed by atoms with Crippen molar-refractivity contribution in [2.75, 3.05) is 0 Å². The summed E-state index contributed by atoms with van der Waals surface area (Å²) >= 11 is 0. The molecule has 0 aliphatic heterocycles. The number of aliphatic carboxylic acids is 1. The van der Waals surface area contributed by atoms with Crippen LogP contribution in [-0.2, 0) is 13.0 Å². The van der Waals surface area contributed by atoms with Crippen LogP contribution >= 0.6 is 0 Å². The highest BCUT2D eigenvalue weighted by Crippen LogP contribution is 2.10. The lowest BCUT2D eigenvalue weighted by atomic mass is 10.4. The molecule has 0 aliphatic carbocycles. The summed E-state index contributed by atoms with van der Waals surface area (Å²) < 4.78 is 11.8. The summed E-state index contributed by atoms with van der Waals surface area (Å²) in [5, 5.41) is 7.89. The van der Waals surface area contributed by atoms with E-state index < -0.39 is 31.9 Å². The smallest absolute Gasteiger partial charge is 0.330 e. The SMILES string of the molecule is C=C(C)C(=O)O.C[SiH](O[Si](C)(C)C)O[Si](C)(C)C. The fraction of sp³-hybridized carbons (Fsp3) is 0.727. The molecular formula is C11H28O4Si3. The van der Waals surface area contributed by atoms with E-state index in [0.29, 0.717) is 0 Å². The summed E-state index contributed by atoms with van der Waals surface area (Å²) in [5.74, 6) is -0.935. The minimum atomic E-state index is -1.36. The van der Waals surface area contributed by atoms with Crippen molar-refractivity contribution in [2.24, 2.45) is 0 Å². The molecule has 108 valence electrons. The average molecular weight is 309 g/mol. The highest BCUT2D eigenvalue weighted by molar-refractivity contribution is 6.80. The molecule has 7 heteroatoms. The number of hydrogen-bond acceptors (Lipinski definition) is 3. The molecule has 0 heterocycles. The van der Waals surface area contributed by atoms with E-state index in [-0.39, 0.29) is 5.57 Å². The van der Waals surface area contributed by atoms with Crippen LogP contribution in [0.15, 0.2) is 12.2 Å². The maximum Gasteiger partial charge on any atom is 0.330 e. The third kappa shape index (κ3) is 18.2. The highest BCUT2D eigenvalue weighted by Gasteiger charge is 2.24. The summed E-state index contributed by atoms with van der Waals surface area (Å²) in [6.07, 6.45) is 0. The van der Waals surface area contributed by atoms with Crippen molar-refractivity contribution >= 4 is 31.9 Å². The molecule has 0 unspecified atom stereocenters. The van der Waals surface area contributed by atoms with Crippen LogP contribution in [0.3, 0.4) is 0 Å². The van der Waals surface area contributed by atoms with Crippen LogP contribution in [0.2, 0.25) is 45.8 Å². The average Bonchev–Trinajstić information content (AvgIpc) is 1.96. The Morgan fingerprint density at radius 3 is 1.39 bits per heavy atom. The molecule has 0 saturated carbocycles.